The minimum atomic E-state index is -4.82. The average Bonchev–Trinajstić information content (AvgIpc) is 2.91. The van der Waals surface area contributed by atoms with E-state index in [-0.39, 0.29) is 12.1 Å². The third-order valence-corrected chi connectivity index (χ3v) is 5.04. The summed E-state index contributed by atoms with van der Waals surface area (Å²) < 4.78 is 40.9. The topological polar surface area (TPSA) is 74.8 Å². The molecule has 1 aromatic heterocycles. The van der Waals surface area contributed by atoms with Gasteiger partial charge in [0.2, 0.25) is 0 Å². The number of hydrogen-bond acceptors (Lipinski definition) is 5. The Morgan fingerprint density at radius 2 is 1.77 bits per heavy atom. The van der Waals surface area contributed by atoms with E-state index in [2.05, 4.69) is 19.9 Å². The molecule has 1 aromatic carbocycles. The molecule has 166 valence electrons. The molecule has 1 aliphatic heterocycles. The van der Waals surface area contributed by atoms with E-state index >= 15 is 0 Å². The maximum absolute atomic E-state index is 13.1. The van der Waals surface area contributed by atoms with Crippen molar-refractivity contribution >= 4 is 23.4 Å². The highest BCUT2D eigenvalue weighted by molar-refractivity contribution is 6.23. The maximum Gasteiger partial charge on any atom is 0.573 e. The van der Waals surface area contributed by atoms with E-state index in [0.717, 1.165) is 41.5 Å². The molecule has 0 radical (unpaired) electrons. The lowest BCUT2D eigenvalue weighted by atomic mass is 9.93. The number of nitrogens with zero attached hydrogens (tertiary/aromatic N) is 3. The number of rotatable bonds is 7. The van der Waals surface area contributed by atoms with E-state index in [1.54, 1.807) is 19.2 Å². The molecule has 7 nitrogen and oxygen atoms in total. The van der Waals surface area contributed by atoms with Crippen LogP contribution in [0.3, 0.4) is 0 Å². The van der Waals surface area contributed by atoms with Gasteiger partial charge in [-0.2, -0.15) is 0 Å². The lowest BCUT2D eigenvalue weighted by Gasteiger charge is -2.24. The van der Waals surface area contributed by atoms with Crippen molar-refractivity contribution in [3.8, 4) is 5.75 Å². The molecule has 0 spiro atoms. The summed E-state index contributed by atoms with van der Waals surface area (Å²) in [6.07, 6.45) is -2.93. The van der Waals surface area contributed by atoms with Gasteiger partial charge in [-0.25, -0.2) is 14.7 Å². The average molecular weight is 436 g/mol. The minimum absolute atomic E-state index is 0.152. The quantitative estimate of drug-likeness (QED) is 0.667. The SMILES string of the molecule is CCN(CC)c1cc(CC2(C)NC(=O)N(c3ccc(OC(F)(F)F)cc3)C2=O)ccn1. The Balaban J connectivity index is 1.80. The number of pyridine rings is 1. The summed E-state index contributed by atoms with van der Waals surface area (Å²) in [5.74, 6) is -0.157. The van der Waals surface area contributed by atoms with Crippen LogP contribution in [0, 0.1) is 0 Å². The zero-order valence-electron chi connectivity index (χ0n) is 17.4. The zero-order chi connectivity index (χ0) is 22.8. The molecule has 1 N–H and O–H groups in total. The largest absolute Gasteiger partial charge is 0.573 e. The van der Waals surface area contributed by atoms with Gasteiger partial charge in [0.25, 0.3) is 5.91 Å². The number of benzene rings is 1. The highest BCUT2D eigenvalue weighted by Crippen LogP contribution is 2.30. The number of carbonyl (C=O) groups is 2. The van der Waals surface area contributed by atoms with Crippen LogP contribution >= 0.6 is 0 Å². The van der Waals surface area contributed by atoms with Gasteiger partial charge >= 0.3 is 12.4 Å². The molecule has 3 amide bonds. The van der Waals surface area contributed by atoms with Gasteiger partial charge < -0.3 is 15.0 Å². The van der Waals surface area contributed by atoms with Crippen LogP contribution in [-0.2, 0) is 11.2 Å². The first-order valence-electron chi connectivity index (χ1n) is 9.78. The number of imide groups is 1. The van der Waals surface area contributed by atoms with Gasteiger partial charge in [0, 0.05) is 25.7 Å². The number of nitrogens with one attached hydrogen (secondary N) is 1. The molecule has 0 aliphatic carbocycles. The van der Waals surface area contributed by atoms with Crippen LogP contribution in [0.25, 0.3) is 0 Å². The number of hydrogen-bond donors (Lipinski definition) is 1. The fourth-order valence-electron chi connectivity index (χ4n) is 3.53. The molecule has 2 aromatic rings. The summed E-state index contributed by atoms with van der Waals surface area (Å²) >= 11 is 0. The number of aromatic nitrogens is 1. The van der Waals surface area contributed by atoms with Crippen LogP contribution in [0.5, 0.6) is 5.75 Å². The Labute approximate surface area is 177 Å². The highest BCUT2D eigenvalue weighted by Gasteiger charge is 2.48. The molecule has 1 aliphatic rings. The van der Waals surface area contributed by atoms with Crippen molar-refractivity contribution in [3.05, 3.63) is 48.2 Å². The Morgan fingerprint density at radius 1 is 1.13 bits per heavy atom. The Bertz CT molecular complexity index is 961. The van der Waals surface area contributed by atoms with E-state index in [4.69, 9.17) is 0 Å². The molecule has 2 heterocycles. The zero-order valence-corrected chi connectivity index (χ0v) is 17.4. The van der Waals surface area contributed by atoms with Crippen molar-refractivity contribution in [2.24, 2.45) is 0 Å². The molecule has 1 saturated heterocycles. The molecule has 0 saturated carbocycles. The molecular formula is C21H23F3N4O3. The molecule has 3 rings (SSSR count). The van der Waals surface area contributed by atoms with Gasteiger partial charge in [0.15, 0.2) is 0 Å². The second-order valence-corrected chi connectivity index (χ2v) is 7.32. The highest BCUT2D eigenvalue weighted by atomic mass is 19.4. The number of alkyl halides is 3. The van der Waals surface area contributed by atoms with Crippen LogP contribution in [0.2, 0.25) is 0 Å². The number of halogens is 3. The van der Waals surface area contributed by atoms with E-state index in [1.807, 2.05) is 19.9 Å². The van der Waals surface area contributed by atoms with E-state index in [1.165, 1.54) is 12.1 Å². The molecule has 1 atom stereocenters. The molecule has 31 heavy (non-hydrogen) atoms. The fraction of sp³-hybridized carbons (Fsp3) is 0.381. The van der Waals surface area contributed by atoms with Crippen LogP contribution in [0.15, 0.2) is 42.6 Å². The summed E-state index contributed by atoms with van der Waals surface area (Å²) in [5.41, 5.74) is -0.233. The molecule has 0 bridgehead atoms. The van der Waals surface area contributed by atoms with Crippen LogP contribution in [0.1, 0.15) is 26.3 Å². The third-order valence-electron chi connectivity index (χ3n) is 5.04. The van der Waals surface area contributed by atoms with Crippen LogP contribution in [0.4, 0.5) is 29.5 Å². The smallest absolute Gasteiger partial charge is 0.406 e. The lowest BCUT2D eigenvalue weighted by Crippen LogP contribution is -2.46. The number of anilines is 2. The lowest BCUT2D eigenvalue weighted by molar-refractivity contribution is -0.274. The summed E-state index contributed by atoms with van der Waals surface area (Å²) in [4.78, 5) is 33.0. The van der Waals surface area contributed by atoms with E-state index in [0.29, 0.717) is 0 Å². The van der Waals surface area contributed by atoms with Gasteiger partial charge in [0.1, 0.15) is 17.1 Å². The van der Waals surface area contributed by atoms with E-state index in [9.17, 15) is 22.8 Å². The summed E-state index contributed by atoms with van der Waals surface area (Å²) in [7, 11) is 0. The second-order valence-electron chi connectivity index (χ2n) is 7.32. The molecule has 10 heteroatoms. The normalized spacial score (nSPS) is 18.8. The van der Waals surface area contributed by atoms with Crippen molar-refractivity contribution in [2.75, 3.05) is 22.9 Å². The van der Waals surface area contributed by atoms with Gasteiger partial charge in [-0.05, 0) is 62.7 Å². The van der Waals surface area contributed by atoms with E-state index < -0.39 is 29.6 Å². The van der Waals surface area contributed by atoms with Gasteiger partial charge in [-0.1, -0.05) is 0 Å². The molecular weight excluding hydrogens is 413 g/mol. The molecule has 1 fully saturated rings. The maximum atomic E-state index is 13.1. The Kier molecular flexibility index (Phi) is 6.10. The number of carbonyl (C=O) groups excluding carboxylic acids is 2. The minimum Gasteiger partial charge on any atom is -0.406 e. The second kappa shape index (κ2) is 8.44. The van der Waals surface area contributed by atoms with Crippen LogP contribution in [-0.4, -0.2) is 41.9 Å². The summed E-state index contributed by atoms with van der Waals surface area (Å²) in [6, 6.07) is 7.59. The fourth-order valence-corrected chi connectivity index (χ4v) is 3.53. The Hall–Kier alpha value is -3.30. The van der Waals surface area contributed by atoms with Gasteiger partial charge in [-0.3, -0.25) is 4.79 Å². The molecule has 1 unspecified atom stereocenters. The van der Waals surface area contributed by atoms with Crippen molar-refractivity contribution in [1.29, 1.82) is 0 Å². The van der Waals surface area contributed by atoms with Crippen molar-refractivity contribution in [1.82, 2.24) is 10.3 Å². The number of amides is 3. The van der Waals surface area contributed by atoms with Gasteiger partial charge in [-0.15, -0.1) is 13.2 Å². The summed E-state index contributed by atoms with van der Waals surface area (Å²) in [5, 5.41) is 2.70. The monoisotopic (exact) mass is 436 g/mol. The number of ether oxygens (including phenoxy) is 1. The van der Waals surface area contributed by atoms with Crippen LogP contribution < -0.4 is 19.9 Å². The third kappa shape index (κ3) is 4.89. The van der Waals surface area contributed by atoms with Gasteiger partial charge in [0.05, 0.1) is 5.69 Å². The number of urea groups is 1. The predicted molar refractivity (Wildman–Crippen MR) is 109 cm³/mol. The Morgan fingerprint density at radius 3 is 2.35 bits per heavy atom. The predicted octanol–water partition coefficient (Wildman–Crippen LogP) is 3.88. The summed E-state index contributed by atoms with van der Waals surface area (Å²) in [6.45, 7) is 7.21. The first kappa shape index (κ1) is 22.4. The standard InChI is InChI=1S/C21H23F3N4O3/c1-4-27(5-2)17-12-14(10-11-25-17)13-20(3)18(29)28(19(30)26-20)15-6-8-16(9-7-15)31-21(22,23)24/h6-12H,4-5,13H2,1-3H3,(H,26,30). The first-order chi connectivity index (χ1) is 14.6. The first-order valence-corrected chi connectivity index (χ1v) is 9.78. The van der Waals surface area contributed by atoms with Crippen molar-refractivity contribution in [3.63, 3.8) is 0 Å². The van der Waals surface area contributed by atoms with Crippen molar-refractivity contribution in [2.45, 2.75) is 39.1 Å². The van der Waals surface area contributed by atoms with Crippen molar-refractivity contribution < 1.29 is 27.5 Å².